The molecule has 0 fully saturated rings. The van der Waals surface area contributed by atoms with Crippen molar-refractivity contribution in [3.05, 3.63) is 29.3 Å². The Labute approximate surface area is 113 Å². The molecule has 0 saturated carbocycles. The molecule has 104 valence electrons. The van der Waals surface area contributed by atoms with Gasteiger partial charge < -0.3 is 5.32 Å². The Bertz CT molecular complexity index is 582. The first-order valence-corrected chi connectivity index (χ1v) is 8.04. The molecule has 1 heterocycles. The van der Waals surface area contributed by atoms with Crippen LogP contribution in [0.5, 0.6) is 0 Å². The van der Waals surface area contributed by atoms with E-state index in [1.54, 1.807) is 6.92 Å². The fourth-order valence-corrected chi connectivity index (χ4v) is 2.66. The molecule has 0 bridgehead atoms. The van der Waals surface area contributed by atoms with Crippen molar-refractivity contribution < 1.29 is 13.2 Å². The maximum absolute atomic E-state index is 11.3. The topological polar surface area (TPSA) is 75.3 Å². The van der Waals surface area contributed by atoms with Crippen molar-refractivity contribution in [2.45, 2.75) is 26.2 Å². The highest BCUT2D eigenvalue weighted by molar-refractivity contribution is 7.89. The lowest BCUT2D eigenvalue weighted by Crippen LogP contribution is -2.27. The summed E-state index contributed by atoms with van der Waals surface area (Å²) in [6, 6.07) is 5.84. The zero-order valence-electron chi connectivity index (χ0n) is 10.9. The Morgan fingerprint density at radius 1 is 1.32 bits per heavy atom. The molecule has 1 aliphatic rings. The summed E-state index contributed by atoms with van der Waals surface area (Å²) in [6.45, 7) is 2.02. The van der Waals surface area contributed by atoms with E-state index in [1.807, 2.05) is 18.2 Å². The molecule has 1 aromatic rings. The van der Waals surface area contributed by atoms with Crippen molar-refractivity contribution in [1.29, 1.82) is 0 Å². The van der Waals surface area contributed by atoms with Crippen molar-refractivity contribution in [2.24, 2.45) is 0 Å². The molecule has 0 unspecified atom stereocenters. The SMILES string of the molecule is CCS(=O)(=O)NCCc1ccc2c(c1)CCC(=O)N2. The third kappa shape index (κ3) is 3.78. The number of rotatable bonds is 5. The fourth-order valence-electron chi connectivity index (χ4n) is 2.05. The van der Waals surface area contributed by atoms with Crippen LogP contribution in [0.25, 0.3) is 0 Å². The monoisotopic (exact) mass is 282 g/mol. The first kappa shape index (κ1) is 14.0. The van der Waals surface area contributed by atoms with Crippen LogP contribution in [0.3, 0.4) is 0 Å². The quantitative estimate of drug-likeness (QED) is 0.847. The Morgan fingerprint density at radius 3 is 2.84 bits per heavy atom. The number of carbonyl (C=O) groups is 1. The van der Waals surface area contributed by atoms with E-state index in [9.17, 15) is 13.2 Å². The van der Waals surface area contributed by atoms with Gasteiger partial charge in [0.1, 0.15) is 0 Å². The van der Waals surface area contributed by atoms with Crippen LogP contribution in [0.2, 0.25) is 0 Å². The summed E-state index contributed by atoms with van der Waals surface area (Å²) in [5.74, 6) is 0.152. The number of nitrogens with one attached hydrogen (secondary N) is 2. The van der Waals surface area contributed by atoms with E-state index in [0.29, 0.717) is 19.4 Å². The van der Waals surface area contributed by atoms with E-state index in [0.717, 1.165) is 23.2 Å². The minimum absolute atomic E-state index is 0.0518. The van der Waals surface area contributed by atoms with E-state index >= 15 is 0 Å². The molecule has 0 spiro atoms. The molecular formula is C13H18N2O3S. The molecule has 1 aliphatic heterocycles. The Kier molecular flexibility index (Phi) is 4.21. The molecule has 2 rings (SSSR count). The number of aryl methyl sites for hydroxylation is 1. The van der Waals surface area contributed by atoms with Gasteiger partial charge in [-0.3, -0.25) is 4.79 Å². The fraction of sp³-hybridized carbons (Fsp3) is 0.462. The predicted molar refractivity (Wildman–Crippen MR) is 74.6 cm³/mol. The second-order valence-corrected chi connectivity index (χ2v) is 6.68. The molecule has 0 saturated heterocycles. The van der Waals surface area contributed by atoms with Gasteiger partial charge in [0.15, 0.2) is 0 Å². The number of hydrogen-bond acceptors (Lipinski definition) is 3. The lowest BCUT2D eigenvalue weighted by Gasteiger charge is -2.17. The van der Waals surface area contributed by atoms with Crippen LogP contribution in [0.1, 0.15) is 24.5 Å². The number of amides is 1. The van der Waals surface area contributed by atoms with E-state index in [1.165, 1.54) is 0 Å². The van der Waals surface area contributed by atoms with Gasteiger partial charge in [0.2, 0.25) is 15.9 Å². The average Bonchev–Trinajstić information content (AvgIpc) is 2.39. The molecule has 1 aromatic carbocycles. The van der Waals surface area contributed by atoms with Crippen LogP contribution < -0.4 is 10.0 Å². The van der Waals surface area contributed by atoms with Crippen LogP contribution in [0, 0.1) is 0 Å². The van der Waals surface area contributed by atoms with Gasteiger partial charge in [-0.2, -0.15) is 0 Å². The van der Waals surface area contributed by atoms with Gasteiger partial charge in [0.25, 0.3) is 0 Å². The number of benzene rings is 1. The third-order valence-corrected chi connectivity index (χ3v) is 4.58. The van der Waals surface area contributed by atoms with E-state index in [4.69, 9.17) is 0 Å². The molecule has 0 aliphatic carbocycles. The lowest BCUT2D eigenvalue weighted by atomic mass is 9.99. The molecule has 0 atom stereocenters. The standard InChI is InChI=1S/C13H18N2O3S/c1-2-19(17,18)14-8-7-10-3-5-12-11(9-10)4-6-13(16)15-12/h3,5,9,14H,2,4,6-8H2,1H3,(H,15,16). The van der Waals surface area contributed by atoms with Gasteiger partial charge in [-0.25, -0.2) is 13.1 Å². The van der Waals surface area contributed by atoms with Gasteiger partial charge in [-0.05, 0) is 37.0 Å². The number of fused-ring (bicyclic) bond motifs is 1. The van der Waals surface area contributed by atoms with E-state index in [2.05, 4.69) is 10.0 Å². The van der Waals surface area contributed by atoms with Crippen molar-refractivity contribution >= 4 is 21.6 Å². The molecule has 0 radical (unpaired) electrons. The highest BCUT2D eigenvalue weighted by Gasteiger charge is 2.14. The summed E-state index contributed by atoms with van der Waals surface area (Å²) in [7, 11) is -3.12. The van der Waals surface area contributed by atoms with Crippen LogP contribution in [0.15, 0.2) is 18.2 Å². The third-order valence-electron chi connectivity index (χ3n) is 3.18. The summed E-state index contributed by atoms with van der Waals surface area (Å²) in [6.07, 6.45) is 1.91. The van der Waals surface area contributed by atoms with Crippen LogP contribution in [0.4, 0.5) is 5.69 Å². The first-order valence-electron chi connectivity index (χ1n) is 6.39. The van der Waals surface area contributed by atoms with Gasteiger partial charge >= 0.3 is 0 Å². The molecule has 0 aromatic heterocycles. The summed E-state index contributed by atoms with van der Waals surface area (Å²) < 4.78 is 25.1. The van der Waals surface area contributed by atoms with Crippen LogP contribution in [-0.4, -0.2) is 26.6 Å². The molecule has 6 heteroatoms. The van der Waals surface area contributed by atoms with Gasteiger partial charge in [-0.1, -0.05) is 12.1 Å². The van der Waals surface area contributed by atoms with Crippen molar-refractivity contribution in [3.63, 3.8) is 0 Å². The number of anilines is 1. The van der Waals surface area contributed by atoms with Crippen molar-refractivity contribution in [2.75, 3.05) is 17.6 Å². The molecule has 1 amide bonds. The lowest BCUT2D eigenvalue weighted by molar-refractivity contribution is -0.116. The Hall–Kier alpha value is -1.40. The number of hydrogen-bond donors (Lipinski definition) is 2. The van der Waals surface area contributed by atoms with Crippen LogP contribution in [-0.2, 0) is 27.7 Å². The zero-order chi connectivity index (χ0) is 13.9. The Balaban J connectivity index is 1.97. The first-order chi connectivity index (χ1) is 9.00. The summed E-state index contributed by atoms with van der Waals surface area (Å²) in [5, 5.41) is 2.83. The Morgan fingerprint density at radius 2 is 2.11 bits per heavy atom. The minimum atomic E-state index is -3.12. The highest BCUT2D eigenvalue weighted by Crippen LogP contribution is 2.23. The predicted octanol–water partition coefficient (Wildman–Crippen LogP) is 1.05. The summed E-state index contributed by atoms with van der Waals surface area (Å²) in [4.78, 5) is 11.2. The number of carbonyl (C=O) groups excluding carboxylic acids is 1. The van der Waals surface area contributed by atoms with E-state index < -0.39 is 10.0 Å². The normalized spacial score (nSPS) is 14.9. The molecule has 2 N–H and O–H groups in total. The smallest absolute Gasteiger partial charge is 0.224 e. The maximum Gasteiger partial charge on any atom is 0.224 e. The summed E-state index contributed by atoms with van der Waals surface area (Å²) in [5.41, 5.74) is 3.07. The molecular weight excluding hydrogens is 264 g/mol. The van der Waals surface area contributed by atoms with Gasteiger partial charge in [-0.15, -0.1) is 0 Å². The second kappa shape index (κ2) is 5.71. The summed E-state index contributed by atoms with van der Waals surface area (Å²) >= 11 is 0. The minimum Gasteiger partial charge on any atom is -0.326 e. The average molecular weight is 282 g/mol. The highest BCUT2D eigenvalue weighted by atomic mass is 32.2. The van der Waals surface area contributed by atoms with Gasteiger partial charge in [0.05, 0.1) is 5.75 Å². The molecule has 19 heavy (non-hydrogen) atoms. The van der Waals surface area contributed by atoms with Crippen molar-refractivity contribution in [1.82, 2.24) is 4.72 Å². The van der Waals surface area contributed by atoms with Gasteiger partial charge in [0, 0.05) is 18.7 Å². The van der Waals surface area contributed by atoms with Crippen LogP contribution >= 0.6 is 0 Å². The van der Waals surface area contributed by atoms with E-state index in [-0.39, 0.29) is 11.7 Å². The van der Waals surface area contributed by atoms with Crippen molar-refractivity contribution in [3.8, 4) is 0 Å². The zero-order valence-corrected chi connectivity index (χ0v) is 11.7. The second-order valence-electron chi connectivity index (χ2n) is 4.59. The maximum atomic E-state index is 11.3. The molecule has 5 nitrogen and oxygen atoms in total. The number of sulfonamides is 1. The largest absolute Gasteiger partial charge is 0.326 e.